The number of alkyl halides is 1. The first kappa shape index (κ1) is 8.33. The molecule has 0 saturated heterocycles. The van der Waals surface area contributed by atoms with Crippen molar-refractivity contribution in [1.29, 1.82) is 0 Å². The van der Waals surface area contributed by atoms with Gasteiger partial charge in [-0.2, -0.15) is 0 Å². The molecule has 0 radical (unpaired) electrons. The molecule has 0 nitrogen and oxygen atoms in total. The molecule has 60 valence electrons. The van der Waals surface area contributed by atoms with Crippen LogP contribution in [0.2, 0.25) is 0 Å². The average molecular weight is 152 g/mol. The van der Waals surface area contributed by atoms with Crippen molar-refractivity contribution in [2.24, 2.45) is 11.8 Å². The van der Waals surface area contributed by atoms with E-state index in [1.165, 1.54) is 0 Å². The minimum atomic E-state index is -0.809. The third-order valence-corrected chi connectivity index (χ3v) is 2.36. The lowest BCUT2D eigenvalue weighted by molar-refractivity contribution is 0.178. The normalized spacial score (nSPS) is 37.6. The highest BCUT2D eigenvalue weighted by Gasteiger charge is 2.27. The Bertz CT molecular complexity index is 178. The van der Waals surface area contributed by atoms with Gasteiger partial charge in [-0.05, 0) is 25.2 Å². The van der Waals surface area contributed by atoms with Crippen molar-refractivity contribution in [3.8, 4) is 12.3 Å². The number of allylic oxidation sites excluding steroid dienone is 1. The summed E-state index contributed by atoms with van der Waals surface area (Å²) in [7, 11) is 0. The summed E-state index contributed by atoms with van der Waals surface area (Å²) >= 11 is 0. The number of terminal acetylenes is 1. The van der Waals surface area contributed by atoms with Crippen molar-refractivity contribution in [2.75, 3.05) is 0 Å². The smallest absolute Gasteiger partial charge is 0.114 e. The number of hydrogen-bond donors (Lipinski definition) is 0. The van der Waals surface area contributed by atoms with Crippen molar-refractivity contribution in [3.05, 3.63) is 12.7 Å². The number of hydrogen-bond acceptors (Lipinski definition) is 0. The Morgan fingerprint density at radius 2 is 2.27 bits per heavy atom. The van der Waals surface area contributed by atoms with Gasteiger partial charge in [-0.15, -0.1) is 18.9 Å². The Kier molecular flexibility index (Phi) is 2.70. The molecule has 0 bridgehead atoms. The van der Waals surface area contributed by atoms with Crippen LogP contribution >= 0.6 is 0 Å². The highest BCUT2D eigenvalue weighted by molar-refractivity contribution is 5.01. The van der Waals surface area contributed by atoms with E-state index in [2.05, 4.69) is 12.5 Å². The van der Waals surface area contributed by atoms with E-state index in [-0.39, 0.29) is 5.92 Å². The predicted molar refractivity (Wildman–Crippen MR) is 44.8 cm³/mol. The maximum atomic E-state index is 13.1. The van der Waals surface area contributed by atoms with Crippen molar-refractivity contribution in [3.63, 3.8) is 0 Å². The maximum Gasteiger partial charge on any atom is 0.114 e. The fourth-order valence-electron chi connectivity index (χ4n) is 1.55. The van der Waals surface area contributed by atoms with Gasteiger partial charge in [0, 0.05) is 0 Å². The molecule has 1 rings (SSSR count). The monoisotopic (exact) mass is 152 g/mol. The summed E-state index contributed by atoms with van der Waals surface area (Å²) in [5.74, 6) is 2.68. The molecule has 0 heterocycles. The first-order valence-electron chi connectivity index (χ1n) is 4.00. The second-order valence-electron chi connectivity index (χ2n) is 3.10. The molecule has 0 aromatic heterocycles. The summed E-state index contributed by atoms with van der Waals surface area (Å²) < 4.78 is 13.1. The van der Waals surface area contributed by atoms with Crippen LogP contribution in [-0.4, -0.2) is 6.17 Å². The molecule has 0 spiro atoms. The largest absolute Gasteiger partial charge is 0.246 e. The van der Waals surface area contributed by atoms with E-state index in [1.807, 2.05) is 6.08 Å². The van der Waals surface area contributed by atoms with Gasteiger partial charge in [0.15, 0.2) is 0 Å². The Labute approximate surface area is 67.5 Å². The van der Waals surface area contributed by atoms with Gasteiger partial charge in [0.1, 0.15) is 6.17 Å². The second kappa shape index (κ2) is 3.57. The van der Waals surface area contributed by atoms with Crippen LogP contribution < -0.4 is 0 Å². The van der Waals surface area contributed by atoms with Gasteiger partial charge in [-0.3, -0.25) is 0 Å². The molecular weight excluding hydrogens is 139 g/mol. The molecule has 2 unspecified atom stereocenters. The summed E-state index contributed by atoms with van der Waals surface area (Å²) in [6.45, 7) is 3.65. The molecule has 3 atom stereocenters. The molecule has 0 aromatic carbocycles. The molecule has 1 heteroatoms. The molecule has 11 heavy (non-hydrogen) atoms. The maximum absolute atomic E-state index is 13.1. The van der Waals surface area contributed by atoms with E-state index in [0.29, 0.717) is 12.3 Å². The molecule has 0 N–H and O–H groups in total. The second-order valence-corrected chi connectivity index (χ2v) is 3.10. The summed E-state index contributed by atoms with van der Waals surface area (Å²) in [5.41, 5.74) is 0. The quantitative estimate of drug-likeness (QED) is 0.400. The lowest BCUT2D eigenvalue weighted by Crippen LogP contribution is -2.23. The summed E-state index contributed by atoms with van der Waals surface area (Å²) in [5, 5.41) is 0. The SMILES string of the molecule is C#C[C@@H]1CCC(C=C)CC1F. The minimum absolute atomic E-state index is 0.147. The summed E-state index contributed by atoms with van der Waals surface area (Å²) in [6.07, 6.45) is 8.57. The Hall–Kier alpha value is -0.770. The van der Waals surface area contributed by atoms with Crippen LogP contribution in [0.15, 0.2) is 12.7 Å². The molecule has 1 aliphatic rings. The van der Waals surface area contributed by atoms with Crippen LogP contribution in [0.5, 0.6) is 0 Å². The number of rotatable bonds is 1. The lowest BCUT2D eigenvalue weighted by atomic mass is 9.81. The van der Waals surface area contributed by atoms with Gasteiger partial charge >= 0.3 is 0 Å². The fourth-order valence-corrected chi connectivity index (χ4v) is 1.55. The zero-order valence-electron chi connectivity index (χ0n) is 6.59. The van der Waals surface area contributed by atoms with Crippen molar-refractivity contribution >= 4 is 0 Å². The Morgan fingerprint density at radius 1 is 1.55 bits per heavy atom. The van der Waals surface area contributed by atoms with Gasteiger partial charge in [-0.1, -0.05) is 6.08 Å². The van der Waals surface area contributed by atoms with Crippen molar-refractivity contribution in [1.82, 2.24) is 0 Å². The Morgan fingerprint density at radius 3 is 2.73 bits per heavy atom. The van der Waals surface area contributed by atoms with E-state index in [4.69, 9.17) is 6.42 Å². The molecule has 1 aliphatic carbocycles. The van der Waals surface area contributed by atoms with Crippen LogP contribution in [0.25, 0.3) is 0 Å². The molecular formula is C10H13F. The molecule has 0 aliphatic heterocycles. The Balaban J connectivity index is 2.48. The van der Waals surface area contributed by atoms with E-state index in [9.17, 15) is 4.39 Å². The van der Waals surface area contributed by atoms with Crippen LogP contribution in [0.4, 0.5) is 4.39 Å². The molecule has 0 aromatic rings. The third kappa shape index (κ3) is 1.83. The van der Waals surface area contributed by atoms with Crippen LogP contribution in [0.1, 0.15) is 19.3 Å². The zero-order chi connectivity index (χ0) is 8.27. The third-order valence-electron chi connectivity index (χ3n) is 2.36. The lowest BCUT2D eigenvalue weighted by Gasteiger charge is -2.26. The van der Waals surface area contributed by atoms with E-state index in [1.54, 1.807) is 0 Å². The number of halogens is 1. The van der Waals surface area contributed by atoms with E-state index in [0.717, 1.165) is 12.8 Å². The summed E-state index contributed by atoms with van der Waals surface area (Å²) in [4.78, 5) is 0. The van der Waals surface area contributed by atoms with Gasteiger partial charge < -0.3 is 0 Å². The zero-order valence-corrected chi connectivity index (χ0v) is 6.59. The topological polar surface area (TPSA) is 0 Å². The first-order chi connectivity index (χ1) is 5.27. The highest BCUT2D eigenvalue weighted by Crippen LogP contribution is 2.31. The van der Waals surface area contributed by atoms with Crippen LogP contribution in [0.3, 0.4) is 0 Å². The first-order valence-corrected chi connectivity index (χ1v) is 4.00. The average Bonchev–Trinajstić information content (AvgIpc) is 2.04. The highest BCUT2D eigenvalue weighted by atomic mass is 19.1. The molecule has 1 saturated carbocycles. The summed E-state index contributed by atoms with van der Waals surface area (Å²) in [6, 6.07) is 0. The van der Waals surface area contributed by atoms with Gasteiger partial charge in [-0.25, -0.2) is 4.39 Å². The fraction of sp³-hybridized carbons (Fsp3) is 0.600. The predicted octanol–water partition coefficient (Wildman–Crippen LogP) is 2.56. The van der Waals surface area contributed by atoms with Crippen LogP contribution in [0, 0.1) is 24.2 Å². The molecule has 1 fully saturated rings. The standard InChI is InChI=1S/C10H13F/c1-3-8-5-6-9(4-2)10(11)7-8/h2-3,8-10H,1,5-7H2/t8?,9-,10?/m1/s1. The van der Waals surface area contributed by atoms with Gasteiger partial charge in [0.05, 0.1) is 5.92 Å². The van der Waals surface area contributed by atoms with Crippen LogP contribution in [-0.2, 0) is 0 Å². The van der Waals surface area contributed by atoms with E-state index < -0.39 is 6.17 Å². The van der Waals surface area contributed by atoms with E-state index >= 15 is 0 Å². The molecule has 0 amide bonds. The minimum Gasteiger partial charge on any atom is -0.246 e. The van der Waals surface area contributed by atoms with Crippen molar-refractivity contribution in [2.45, 2.75) is 25.4 Å². The van der Waals surface area contributed by atoms with Gasteiger partial charge in [0.25, 0.3) is 0 Å². The van der Waals surface area contributed by atoms with Gasteiger partial charge in [0.2, 0.25) is 0 Å². The van der Waals surface area contributed by atoms with Crippen molar-refractivity contribution < 1.29 is 4.39 Å².